The zero-order valence-corrected chi connectivity index (χ0v) is 27.7. The molecule has 0 aliphatic heterocycles. The van der Waals surface area contributed by atoms with Crippen LogP contribution in [-0.4, -0.2) is 0 Å². The number of thiophene rings is 1. The Bertz CT molecular complexity index is 2430. The van der Waals surface area contributed by atoms with Crippen molar-refractivity contribution in [2.24, 2.45) is 0 Å². The van der Waals surface area contributed by atoms with Crippen molar-refractivity contribution < 1.29 is 4.42 Å². The summed E-state index contributed by atoms with van der Waals surface area (Å²) < 4.78 is 6.33. The van der Waals surface area contributed by atoms with Gasteiger partial charge in [0.05, 0.1) is 0 Å². The topological polar surface area (TPSA) is 16.4 Å². The van der Waals surface area contributed by atoms with Gasteiger partial charge in [-0.05, 0) is 82.4 Å². The molecule has 0 atom stereocenters. The molecule has 3 heteroatoms. The van der Waals surface area contributed by atoms with Gasteiger partial charge < -0.3 is 9.32 Å². The van der Waals surface area contributed by atoms with Gasteiger partial charge in [0.2, 0.25) is 0 Å². The third-order valence-electron chi connectivity index (χ3n) is 8.80. The molecule has 0 fully saturated rings. The van der Waals surface area contributed by atoms with E-state index in [9.17, 15) is 0 Å². The summed E-state index contributed by atoms with van der Waals surface area (Å²) >= 11 is 1.79. The summed E-state index contributed by atoms with van der Waals surface area (Å²) in [5.74, 6) is 0. The Kier molecular flexibility index (Phi) is 8.33. The summed E-state index contributed by atoms with van der Waals surface area (Å²) in [6, 6.07) is 57.4. The molecule has 2 heterocycles. The molecule has 49 heavy (non-hydrogen) atoms. The average Bonchev–Trinajstić information content (AvgIpc) is 3.82. The molecule has 0 saturated carbocycles. The molecule has 0 bridgehead atoms. The highest BCUT2D eigenvalue weighted by molar-refractivity contribution is 7.18. The van der Waals surface area contributed by atoms with Crippen molar-refractivity contribution in [3.05, 3.63) is 200 Å². The Labute approximate surface area is 290 Å². The van der Waals surface area contributed by atoms with Crippen LogP contribution in [0.15, 0.2) is 199 Å². The SMILES string of the molecule is C=C/C(=C\C=C\N(c1ccc(-c2ccccc2)cc1)c1ccc(-c2ccc(-c3cccc4c3oc3ccccc34)s2)cc1)c1ccccc1. The predicted molar refractivity (Wildman–Crippen MR) is 210 cm³/mol. The molecule has 0 amide bonds. The summed E-state index contributed by atoms with van der Waals surface area (Å²) in [6.07, 6.45) is 8.22. The quantitative estimate of drug-likeness (QED) is 0.145. The van der Waals surface area contributed by atoms with E-state index in [2.05, 4.69) is 157 Å². The Balaban J connectivity index is 1.11. The summed E-state index contributed by atoms with van der Waals surface area (Å²) in [5, 5.41) is 2.30. The van der Waals surface area contributed by atoms with E-state index in [-0.39, 0.29) is 0 Å². The van der Waals surface area contributed by atoms with Gasteiger partial charge >= 0.3 is 0 Å². The van der Waals surface area contributed by atoms with Gasteiger partial charge in [-0.1, -0.05) is 134 Å². The van der Waals surface area contributed by atoms with Gasteiger partial charge in [-0.2, -0.15) is 0 Å². The summed E-state index contributed by atoms with van der Waals surface area (Å²) in [7, 11) is 0. The van der Waals surface area contributed by atoms with Crippen LogP contribution in [0, 0.1) is 0 Å². The molecule has 0 saturated heterocycles. The van der Waals surface area contributed by atoms with Crippen molar-refractivity contribution in [2.75, 3.05) is 4.90 Å². The van der Waals surface area contributed by atoms with E-state index in [0.717, 1.165) is 50.0 Å². The Hall–Kier alpha value is -6.16. The van der Waals surface area contributed by atoms with Crippen molar-refractivity contribution in [1.29, 1.82) is 0 Å². The first-order valence-corrected chi connectivity index (χ1v) is 17.2. The molecule has 2 aromatic heterocycles. The summed E-state index contributed by atoms with van der Waals surface area (Å²) in [5.41, 5.74) is 10.9. The zero-order chi connectivity index (χ0) is 33.0. The first-order valence-electron chi connectivity index (χ1n) is 16.4. The highest BCUT2D eigenvalue weighted by Gasteiger charge is 2.14. The maximum Gasteiger partial charge on any atom is 0.144 e. The van der Waals surface area contributed by atoms with Crippen molar-refractivity contribution in [3.63, 3.8) is 0 Å². The molecule has 0 radical (unpaired) electrons. The number of fused-ring (bicyclic) bond motifs is 3. The fraction of sp³-hybridized carbons (Fsp3) is 0. The minimum atomic E-state index is 0.918. The monoisotopic (exact) mass is 647 g/mol. The average molecular weight is 648 g/mol. The standard InChI is InChI=1S/C46H33NOS/c1-2-33(34-13-5-3-6-14-34)17-12-32-47(38-26-22-36(23-27-38)35-15-7-4-8-16-35)39-28-24-37(25-29-39)44-30-31-45(49-44)42-20-11-19-41-40-18-9-10-21-43(40)48-46(41)42/h2-32H,1H2/b32-12+,33-17+. The smallest absolute Gasteiger partial charge is 0.144 e. The molecule has 8 aromatic rings. The van der Waals surface area contributed by atoms with Crippen LogP contribution in [0.5, 0.6) is 0 Å². The largest absolute Gasteiger partial charge is 0.455 e. The highest BCUT2D eigenvalue weighted by Crippen LogP contribution is 2.41. The fourth-order valence-electron chi connectivity index (χ4n) is 6.28. The number of anilines is 2. The number of hydrogen-bond acceptors (Lipinski definition) is 3. The molecule has 0 aliphatic rings. The molecule has 0 aliphatic carbocycles. The van der Waals surface area contributed by atoms with E-state index in [4.69, 9.17) is 4.42 Å². The first kappa shape index (κ1) is 30.2. The van der Waals surface area contributed by atoms with E-state index in [1.54, 1.807) is 11.3 Å². The van der Waals surface area contributed by atoms with Crippen LogP contribution in [0.4, 0.5) is 11.4 Å². The second-order valence-electron chi connectivity index (χ2n) is 11.8. The van der Waals surface area contributed by atoms with Crippen molar-refractivity contribution in [3.8, 4) is 32.0 Å². The first-order chi connectivity index (χ1) is 24.2. The van der Waals surface area contributed by atoms with Gasteiger partial charge in [0.15, 0.2) is 0 Å². The summed E-state index contributed by atoms with van der Waals surface area (Å²) in [4.78, 5) is 4.63. The number of para-hydroxylation sites is 2. The van der Waals surface area contributed by atoms with E-state index in [0.29, 0.717) is 0 Å². The van der Waals surface area contributed by atoms with E-state index in [1.165, 1.54) is 26.4 Å². The normalized spacial score (nSPS) is 11.8. The van der Waals surface area contributed by atoms with Crippen LogP contribution < -0.4 is 4.90 Å². The number of benzene rings is 6. The van der Waals surface area contributed by atoms with Crippen LogP contribution in [0.3, 0.4) is 0 Å². The molecule has 0 unspecified atom stereocenters. The van der Waals surface area contributed by atoms with Gasteiger partial charge in [-0.15, -0.1) is 11.3 Å². The Morgan fingerprint density at radius 3 is 1.90 bits per heavy atom. The highest BCUT2D eigenvalue weighted by atomic mass is 32.1. The van der Waals surface area contributed by atoms with Crippen molar-refractivity contribution in [2.45, 2.75) is 0 Å². The van der Waals surface area contributed by atoms with Crippen LogP contribution in [-0.2, 0) is 0 Å². The number of furan rings is 1. The van der Waals surface area contributed by atoms with E-state index >= 15 is 0 Å². The lowest BCUT2D eigenvalue weighted by Crippen LogP contribution is -2.08. The minimum Gasteiger partial charge on any atom is -0.455 e. The molecular weight excluding hydrogens is 615 g/mol. The third kappa shape index (κ3) is 6.16. The maximum atomic E-state index is 6.33. The second kappa shape index (κ2) is 13.5. The van der Waals surface area contributed by atoms with Crippen molar-refractivity contribution >= 4 is 50.2 Å². The molecule has 0 spiro atoms. The maximum absolute atomic E-state index is 6.33. The molecule has 6 aromatic carbocycles. The van der Waals surface area contributed by atoms with Crippen LogP contribution >= 0.6 is 11.3 Å². The fourth-order valence-corrected chi connectivity index (χ4v) is 7.31. The van der Waals surface area contributed by atoms with Gasteiger partial charge in [0.1, 0.15) is 11.2 Å². The Morgan fingerprint density at radius 1 is 0.551 bits per heavy atom. The van der Waals surface area contributed by atoms with E-state index in [1.807, 2.05) is 42.5 Å². The molecular formula is C46H33NOS. The van der Waals surface area contributed by atoms with Crippen LogP contribution in [0.1, 0.15) is 5.56 Å². The number of nitrogens with zero attached hydrogens (tertiary/aromatic N) is 1. The molecule has 234 valence electrons. The molecule has 0 N–H and O–H groups in total. The van der Waals surface area contributed by atoms with Crippen LogP contribution in [0.2, 0.25) is 0 Å². The van der Waals surface area contributed by atoms with Gasteiger partial charge in [0.25, 0.3) is 0 Å². The van der Waals surface area contributed by atoms with Gasteiger partial charge in [-0.3, -0.25) is 0 Å². The van der Waals surface area contributed by atoms with E-state index < -0.39 is 0 Å². The second-order valence-corrected chi connectivity index (χ2v) is 12.9. The predicted octanol–water partition coefficient (Wildman–Crippen LogP) is 13.6. The zero-order valence-electron chi connectivity index (χ0n) is 26.9. The lowest BCUT2D eigenvalue weighted by Gasteiger charge is -2.21. The lowest BCUT2D eigenvalue weighted by molar-refractivity contribution is 0.670. The molecule has 2 nitrogen and oxygen atoms in total. The third-order valence-corrected chi connectivity index (χ3v) is 9.96. The van der Waals surface area contributed by atoms with Gasteiger partial charge in [0, 0.05) is 43.7 Å². The lowest BCUT2D eigenvalue weighted by atomic mass is 10.0. The van der Waals surface area contributed by atoms with Crippen LogP contribution in [0.25, 0.3) is 59.5 Å². The van der Waals surface area contributed by atoms with Gasteiger partial charge in [-0.25, -0.2) is 0 Å². The number of hydrogen-bond donors (Lipinski definition) is 0. The molecule has 8 rings (SSSR count). The van der Waals surface area contributed by atoms with Crippen molar-refractivity contribution in [1.82, 2.24) is 0 Å². The summed E-state index contributed by atoms with van der Waals surface area (Å²) in [6.45, 7) is 4.05. The number of rotatable bonds is 9. The Morgan fingerprint density at radius 2 is 1.16 bits per heavy atom. The minimum absolute atomic E-state index is 0.918. The number of allylic oxidation sites excluding steroid dienone is 4.